The van der Waals surface area contributed by atoms with Crippen LogP contribution in [0.1, 0.15) is 15.9 Å². The molecule has 1 aromatic heterocycles. The van der Waals surface area contributed by atoms with Crippen LogP contribution < -0.4 is 14.9 Å². The molecule has 0 saturated heterocycles. The Morgan fingerprint density at radius 2 is 2.04 bits per heavy atom. The van der Waals surface area contributed by atoms with Crippen LogP contribution in [-0.2, 0) is 0 Å². The van der Waals surface area contributed by atoms with Crippen molar-refractivity contribution in [1.82, 2.24) is 4.98 Å². The van der Waals surface area contributed by atoms with Crippen molar-refractivity contribution >= 4 is 38.9 Å². The van der Waals surface area contributed by atoms with E-state index in [0.717, 1.165) is 10.2 Å². The molecule has 0 spiro atoms. The van der Waals surface area contributed by atoms with Crippen molar-refractivity contribution in [1.29, 1.82) is 0 Å². The number of carboxylic acid groups (broad SMARTS) is 1. The van der Waals surface area contributed by atoms with Gasteiger partial charge in [-0.2, -0.15) is 5.10 Å². The Morgan fingerprint density at radius 1 is 1.24 bits per heavy atom. The minimum atomic E-state index is -1.13. The predicted molar refractivity (Wildman–Crippen MR) is 97.3 cm³/mol. The van der Waals surface area contributed by atoms with Crippen LogP contribution in [0.5, 0.6) is 11.5 Å². The largest absolute Gasteiger partial charge is 0.493 e. The first-order chi connectivity index (χ1) is 12.1. The number of rotatable bonds is 6. The summed E-state index contributed by atoms with van der Waals surface area (Å²) < 4.78 is 11.3. The van der Waals surface area contributed by atoms with E-state index in [0.29, 0.717) is 16.4 Å². The molecular weight excluding hydrogens is 342 g/mol. The van der Waals surface area contributed by atoms with Crippen LogP contribution in [0.25, 0.3) is 10.2 Å². The van der Waals surface area contributed by atoms with Crippen molar-refractivity contribution in [3.05, 3.63) is 47.5 Å². The molecule has 1 heterocycles. The molecule has 0 bridgehead atoms. The standard InChI is InChI=1S/C17H15N3O4S/c1-23-12-8-7-10(14(16(21)22)15(12)24-2)9-18-20-17-19-11-5-3-4-6-13(11)25-17/h3-9H,1-2H3,(H,19,20)(H,21,22). The van der Waals surface area contributed by atoms with Crippen LogP contribution in [0, 0.1) is 0 Å². The zero-order chi connectivity index (χ0) is 17.8. The van der Waals surface area contributed by atoms with E-state index in [9.17, 15) is 9.90 Å². The lowest BCUT2D eigenvalue weighted by Crippen LogP contribution is -2.07. The molecule has 25 heavy (non-hydrogen) atoms. The molecule has 0 radical (unpaired) electrons. The normalized spacial score (nSPS) is 11.0. The zero-order valence-electron chi connectivity index (χ0n) is 13.5. The molecule has 0 aliphatic rings. The number of aromatic carboxylic acids is 1. The Morgan fingerprint density at radius 3 is 2.72 bits per heavy atom. The highest BCUT2D eigenvalue weighted by Gasteiger charge is 2.20. The fourth-order valence-corrected chi connectivity index (χ4v) is 3.16. The van der Waals surface area contributed by atoms with Gasteiger partial charge in [0.25, 0.3) is 0 Å². The van der Waals surface area contributed by atoms with E-state index >= 15 is 0 Å². The first-order valence-electron chi connectivity index (χ1n) is 7.27. The maximum Gasteiger partial charge on any atom is 0.340 e. The van der Waals surface area contributed by atoms with E-state index < -0.39 is 5.97 Å². The maximum atomic E-state index is 11.6. The second-order valence-electron chi connectivity index (χ2n) is 4.93. The number of para-hydroxylation sites is 1. The van der Waals surface area contributed by atoms with Crippen LogP contribution in [-0.4, -0.2) is 36.5 Å². The van der Waals surface area contributed by atoms with Gasteiger partial charge in [-0.1, -0.05) is 23.5 Å². The Kier molecular flexibility index (Phi) is 4.80. The van der Waals surface area contributed by atoms with Crippen molar-refractivity contribution in [3.8, 4) is 11.5 Å². The Hall–Kier alpha value is -3.13. The van der Waals surface area contributed by atoms with Crippen molar-refractivity contribution in [2.45, 2.75) is 0 Å². The Bertz CT molecular complexity index is 919. The summed E-state index contributed by atoms with van der Waals surface area (Å²) in [6.07, 6.45) is 1.41. The number of thiazole rings is 1. The highest BCUT2D eigenvalue weighted by molar-refractivity contribution is 7.22. The first kappa shape index (κ1) is 16.7. The number of nitrogens with one attached hydrogen (secondary N) is 1. The number of ether oxygens (including phenoxy) is 2. The van der Waals surface area contributed by atoms with Gasteiger partial charge in [0.15, 0.2) is 11.5 Å². The molecule has 2 aromatic carbocycles. The van der Waals surface area contributed by atoms with Gasteiger partial charge in [0, 0.05) is 5.56 Å². The van der Waals surface area contributed by atoms with Crippen LogP contribution in [0.2, 0.25) is 0 Å². The number of hydrogen-bond donors (Lipinski definition) is 2. The monoisotopic (exact) mass is 357 g/mol. The third-order valence-electron chi connectivity index (χ3n) is 3.45. The molecule has 128 valence electrons. The lowest BCUT2D eigenvalue weighted by molar-refractivity contribution is 0.0692. The van der Waals surface area contributed by atoms with Gasteiger partial charge in [-0.3, -0.25) is 5.43 Å². The van der Waals surface area contributed by atoms with Crippen molar-refractivity contribution in [2.75, 3.05) is 19.6 Å². The highest BCUT2D eigenvalue weighted by atomic mass is 32.1. The van der Waals surface area contributed by atoms with Gasteiger partial charge in [0.05, 0.1) is 30.7 Å². The minimum absolute atomic E-state index is 0.0169. The number of fused-ring (bicyclic) bond motifs is 1. The number of benzene rings is 2. The second-order valence-corrected chi connectivity index (χ2v) is 5.96. The summed E-state index contributed by atoms with van der Waals surface area (Å²) in [5.41, 5.74) is 4.07. The van der Waals surface area contributed by atoms with Crippen molar-refractivity contribution < 1.29 is 19.4 Å². The quantitative estimate of drug-likeness (QED) is 0.518. The summed E-state index contributed by atoms with van der Waals surface area (Å²) >= 11 is 1.46. The van der Waals surface area contributed by atoms with E-state index in [1.807, 2.05) is 24.3 Å². The Labute approximate surface area is 147 Å². The van der Waals surface area contributed by atoms with E-state index in [1.165, 1.54) is 31.8 Å². The van der Waals surface area contributed by atoms with Gasteiger partial charge >= 0.3 is 5.97 Å². The van der Waals surface area contributed by atoms with Gasteiger partial charge < -0.3 is 14.6 Å². The van der Waals surface area contributed by atoms with Crippen LogP contribution >= 0.6 is 11.3 Å². The molecule has 0 amide bonds. The molecule has 0 saturated carbocycles. The topological polar surface area (TPSA) is 93.0 Å². The SMILES string of the molecule is COc1ccc(C=NNc2nc3ccccc3s2)c(C(=O)O)c1OC. The van der Waals surface area contributed by atoms with Crippen molar-refractivity contribution in [3.63, 3.8) is 0 Å². The van der Waals surface area contributed by atoms with Gasteiger partial charge in [0.1, 0.15) is 5.56 Å². The fourth-order valence-electron chi connectivity index (χ4n) is 2.35. The van der Waals surface area contributed by atoms with Gasteiger partial charge in [0.2, 0.25) is 5.13 Å². The smallest absolute Gasteiger partial charge is 0.340 e. The zero-order valence-corrected chi connectivity index (χ0v) is 14.3. The lowest BCUT2D eigenvalue weighted by Gasteiger charge is -2.12. The number of hydrogen-bond acceptors (Lipinski definition) is 7. The van der Waals surface area contributed by atoms with Gasteiger partial charge in [-0.05, 0) is 24.3 Å². The molecule has 3 aromatic rings. The average molecular weight is 357 g/mol. The molecule has 2 N–H and O–H groups in total. The number of carboxylic acids is 1. The van der Waals surface area contributed by atoms with E-state index in [2.05, 4.69) is 15.5 Å². The molecule has 0 fully saturated rings. The summed E-state index contributed by atoms with van der Waals surface area (Å²) in [4.78, 5) is 16.0. The highest BCUT2D eigenvalue weighted by Crippen LogP contribution is 2.33. The number of nitrogens with zero attached hydrogens (tertiary/aromatic N) is 2. The van der Waals surface area contributed by atoms with Gasteiger partial charge in [-0.15, -0.1) is 0 Å². The molecule has 8 heteroatoms. The van der Waals surface area contributed by atoms with Crippen LogP contribution in [0.15, 0.2) is 41.5 Å². The van der Waals surface area contributed by atoms with Crippen molar-refractivity contribution in [2.24, 2.45) is 5.10 Å². The molecule has 0 atom stereocenters. The third-order valence-corrected chi connectivity index (χ3v) is 4.39. The number of anilines is 1. The average Bonchev–Trinajstić information content (AvgIpc) is 3.03. The van der Waals surface area contributed by atoms with E-state index in [1.54, 1.807) is 12.1 Å². The summed E-state index contributed by atoms with van der Waals surface area (Å²) in [5.74, 6) is -0.632. The first-order valence-corrected chi connectivity index (χ1v) is 8.08. The van der Waals surface area contributed by atoms with Crippen LogP contribution in [0.4, 0.5) is 5.13 Å². The number of hydrazone groups is 1. The molecule has 7 nitrogen and oxygen atoms in total. The predicted octanol–water partition coefficient (Wildman–Crippen LogP) is 3.46. The Balaban J connectivity index is 1.88. The van der Waals surface area contributed by atoms with E-state index in [-0.39, 0.29) is 11.3 Å². The van der Waals surface area contributed by atoms with Gasteiger partial charge in [-0.25, -0.2) is 9.78 Å². The number of carbonyl (C=O) groups is 1. The molecule has 0 aliphatic carbocycles. The number of aromatic nitrogens is 1. The fraction of sp³-hybridized carbons (Fsp3) is 0.118. The summed E-state index contributed by atoms with van der Waals surface area (Å²) in [6.45, 7) is 0. The molecule has 0 unspecified atom stereocenters. The van der Waals surface area contributed by atoms with Crippen LogP contribution in [0.3, 0.4) is 0 Å². The summed E-state index contributed by atoms with van der Waals surface area (Å²) in [6, 6.07) is 11.0. The number of methoxy groups -OCH3 is 2. The maximum absolute atomic E-state index is 11.6. The molecule has 3 rings (SSSR count). The third kappa shape index (κ3) is 3.38. The minimum Gasteiger partial charge on any atom is -0.493 e. The lowest BCUT2D eigenvalue weighted by atomic mass is 10.1. The second kappa shape index (κ2) is 7.18. The summed E-state index contributed by atoms with van der Waals surface area (Å²) in [7, 11) is 2.84. The van der Waals surface area contributed by atoms with E-state index in [4.69, 9.17) is 9.47 Å². The molecular formula is C17H15N3O4S. The summed E-state index contributed by atoms with van der Waals surface area (Å²) in [5, 5.41) is 14.2. The molecule has 0 aliphatic heterocycles.